The number of benzene rings is 1. The molecule has 1 unspecified atom stereocenters. The smallest absolute Gasteiger partial charge is 0.210 e. The minimum atomic E-state index is 0.724. The molecule has 6 nitrogen and oxygen atoms in total. The molecule has 1 saturated carbocycles. The van der Waals surface area contributed by atoms with Crippen molar-refractivity contribution < 1.29 is 4.90 Å². The summed E-state index contributed by atoms with van der Waals surface area (Å²) in [5.41, 5.74) is 7.49. The lowest BCUT2D eigenvalue weighted by Gasteiger charge is -2.27. The fourth-order valence-corrected chi connectivity index (χ4v) is 3.16. The Bertz CT molecular complexity index is 587. The van der Waals surface area contributed by atoms with E-state index in [1.165, 1.54) is 37.0 Å². The Kier molecular flexibility index (Phi) is 4.15. The molecule has 0 saturated heterocycles. The standard InChI is InChI=1S/C15H22N6/c1-20(13-7-3-2-4-8-13)11-15-17-18-19-21(15)14-9-5-6-12(16)10-14/h5-6,9-10,13H,2-4,7-8,11,16H2,1H3/p+1. The van der Waals surface area contributed by atoms with Gasteiger partial charge in [-0.3, -0.25) is 0 Å². The van der Waals surface area contributed by atoms with Gasteiger partial charge in [-0.25, -0.2) is 0 Å². The SMILES string of the molecule is C[NH+](Cc1nnnn1-c1cccc(N)c1)C1CCCCC1. The van der Waals surface area contributed by atoms with Gasteiger partial charge in [0.1, 0.15) is 6.54 Å². The Balaban J connectivity index is 1.76. The van der Waals surface area contributed by atoms with E-state index in [2.05, 4.69) is 22.6 Å². The lowest BCUT2D eigenvalue weighted by Crippen LogP contribution is -3.11. The zero-order chi connectivity index (χ0) is 14.7. The molecule has 1 aliphatic rings. The van der Waals surface area contributed by atoms with Gasteiger partial charge in [-0.1, -0.05) is 12.5 Å². The van der Waals surface area contributed by atoms with E-state index in [4.69, 9.17) is 5.73 Å². The third-order valence-electron chi connectivity index (χ3n) is 4.39. The number of aromatic nitrogens is 4. The van der Waals surface area contributed by atoms with E-state index in [0.29, 0.717) is 0 Å². The van der Waals surface area contributed by atoms with E-state index < -0.39 is 0 Å². The molecule has 0 aliphatic heterocycles. The molecule has 21 heavy (non-hydrogen) atoms. The summed E-state index contributed by atoms with van der Waals surface area (Å²) in [7, 11) is 2.24. The fraction of sp³-hybridized carbons (Fsp3) is 0.533. The van der Waals surface area contributed by atoms with E-state index >= 15 is 0 Å². The van der Waals surface area contributed by atoms with Gasteiger partial charge in [-0.15, -0.1) is 5.10 Å². The van der Waals surface area contributed by atoms with Gasteiger partial charge in [0.15, 0.2) is 0 Å². The molecule has 1 aromatic heterocycles. The zero-order valence-electron chi connectivity index (χ0n) is 12.5. The third-order valence-corrected chi connectivity index (χ3v) is 4.39. The molecular formula is C15H23N6+. The molecule has 0 bridgehead atoms. The summed E-state index contributed by atoms with van der Waals surface area (Å²) in [4.78, 5) is 1.50. The molecule has 6 heteroatoms. The number of hydrogen-bond donors (Lipinski definition) is 2. The minimum absolute atomic E-state index is 0.724. The molecule has 0 amide bonds. The highest BCUT2D eigenvalue weighted by molar-refractivity contribution is 5.47. The summed E-state index contributed by atoms with van der Waals surface area (Å²) in [5.74, 6) is 0.892. The Morgan fingerprint density at radius 3 is 2.86 bits per heavy atom. The summed E-state index contributed by atoms with van der Waals surface area (Å²) in [6.45, 7) is 0.840. The second kappa shape index (κ2) is 6.22. The number of tetrazole rings is 1. The van der Waals surface area contributed by atoms with Crippen molar-refractivity contribution >= 4 is 5.69 Å². The topological polar surface area (TPSA) is 74.1 Å². The molecule has 1 fully saturated rings. The predicted molar refractivity (Wildman–Crippen MR) is 81.0 cm³/mol. The van der Waals surface area contributed by atoms with Crippen molar-refractivity contribution in [2.45, 2.75) is 44.7 Å². The van der Waals surface area contributed by atoms with E-state index in [1.54, 1.807) is 4.68 Å². The summed E-state index contributed by atoms with van der Waals surface area (Å²) in [5, 5.41) is 12.1. The average molecular weight is 287 g/mol. The van der Waals surface area contributed by atoms with Crippen molar-refractivity contribution in [1.29, 1.82) is 0 Å². The van der Waals surface area contributed by atoms with Crippen molar-refractivity contribution in [2.24, 2.45) is 0 Å². The van der Waals surface area contributed by atoms with Gasteiger partial charge in [0.2, 0.25) is 5.82 Å². The lowest BCUT2D eigenvalue weighted by atomic mass is 9.94. The van der Waals surface area contributed by atoms with E-state index in [0.717, 1.165) is 29.8 Å². The molecule has 0 radical (unpaired) electrons. The highest BCUT2D eigenvalue weighted by Crippen LogP contribution is 2.16. The number of hydrogen-bond acceptors (Lipinski definition) is 4. The quantitative estimate of drug-likeness (QED) is 0.807. The maximum Gasteiger partial charge on any atom is 0.210 e. The van der Waals surface area contributed by atoms with Crippen molar-refractivity contribution in [1.82, 2.24) is 20.2 Å². The van der Waals surface area contributed by atoms with E-state index in [-0.39, 0.29) is 0 Å². The lowest BCUT2D eigenvalue weighted by molar-refractivity contribution is -0.921. The first-order valence-electron chi connectivity index (χ1n) is 7.69. The first kappa shape index (κ1) is 14.0. The van der Waals surface area contributed by atoms with Crippen molar-refractivity contribution in [3.05, 3.63) is 30.1 Å². The molecular weight excluding hydrogens is 264 g/mol. The average Bonchev–Trinajstić information content (AvgIpc) is 2.96. The van der Waals surface area contributed by atoms with E-state index in [9.17, 15) is 0 Å². The number of rotatable bonds is 4. The Labute approximate surface area is 124 Å². The van der Waals surface area contributed by atoms with Crippen LogP contribution in [0.1, 0.15) is 37.9 Å². The molecule has 3 N–H and O–H groups in total. The van der Waals surface area contributed by atoms with Crippen LogP contribution in [0.15, 0.2) is 24.3 Å². The molecule has 112 valence electrons. The summed E-state index contributed by atoms with van der Waals surface area (Å²) < 4.78 is 1.79. The van der Waals surface area contributed by atoms with E-state index in [1.807, 2.05) is 24.3 Å². The van der Waals surface area contributed by atoms with Gasteiger partial charge in [0.25, 0.3) is 0 Å². The highest BCUT2D eigenvalue weighted by atomic mass is 15.5. The Morgan fingerprint density at radius 2 is 2.10 bits per heavy atom. The van der Waals surface area contributed by atoms with Crippen LogP contribution in [0.4, 0.5) is 5.69 Å². The van der Waals surface area contributed by atoms with Crippen molar-refractivity contribution in [3.8, 4) is 5.69 Å². The maximum absolute atomic E-state index is 5.85. The zero-order valence-corrected chi connectivity index (χ0v) is 12.5. The monoisotopic (exact) mass is 287 g/mol. The molecule has 1 heterocycles. The number of anilines is 1. The van der Waals surface area contributed by atoms with Crippen LogP contribution in [0.25, 0.3) is 5.69 Å². The molecule has 1 aliphatic carbocycles. The maximum atomic E-state index is 5.85. The normalized spacial score (nSPS) is 17.8. The van der Waals surface area contributed by atoms with Crippen molar-refractivity contribution in [3.63, 3.8) is 0 Å². The van der Waals surface area contributed by atoms with Crippen LogP contribution in [0, 0.1) is 0 Å². The van der Waals surface area contributed by atoms with Crippen LogP contribution in [-0.2, 0) is 6.54 Å². The second-order valence-electron chi connectivity index (χ2n) is 5.96. The molecule has 1 aromatic carbocycles. The van der Waals surface area contributed by atoms with Gasteiger partial charge >= 0.3 is 0 Å². The first-order chi connectivity index (χ1) is 10.2. The van der Waals surface area contributed by atoms with Crippen LogP contribution in [-0.4, -0.2) is 33.3 Å². The Hall–Kier alpha value is -1.95. The van der Waals surface area contributed by atoms with Crippen molar-refractivity contribution in [2.75, 3.05) is 12.8 Å². The molecule has 1 atom stereocenters. The number of quaternary nitrogens is 1. The highest BCUT2D eigenvalue weighted by Gasteiger charge is 2.23. The van der Waals surface area contributed by atoms with Gasteiger partial charge in [0.05, 0.1) is 18.8 Å². The number of nitrogen functional groups attached to an aromatic ring is 1. The minimum Gasteiger partial charge on any atom is -0.399 e. The van der Waals surface area contributed by atoms with Crippen LogP contribution < -0.4 is 10.6 Å². The number of nitrogens with zero attached hydrogens (tertiary/aromatic N) is 4. The largest absolute Gasteiger partial charge is 0.399 e. The summed E-state index contributed by atoms with van der Waals surface area (Å²) in [6, 6.07) is 8.40. The van der Waals surface area contributed by atoms with Gasteiger partial charge < -0.3 is 10.6 Å². The second-order valence-corrected chi connectivity index (χ2v) is 5.96. The first-order valence-corrected chi connectivity index (χ1v) is 7.69. The summed E-state index contributed by atoms with van der Waals surface area (Å²) in [6.07, 6.45) is 6.70. The molecule has 2 aromatic rings. The summed E-state index contributed by atoms with van der Waals surface area (Å²) >= 11 is 0. The fourth-order valence-electron chi connectivity index (χ4n) is 3.16. The predicted octanol–water partition coefficient (Wildman–Crippen LogP) is 0.592. The van der Waals surface area contributed by atoms with Crippen LogP contribution in [0.5, 0.6) is 0 Å². The molecule has 3 rings (SSSR count). The van der Waals surface area contributed by atoms with Crippen LogP contribution in [0.3, 0.4) is 0 Å². The van der Waals surface area contributed by atoms with Crippen LogP contribution in [0.2, 0.25) is 0 Å². The van der Waals surface area contributed by atoms with Gasteiger partial charge in [0, 0.05) is 5.69 Å². The van der Waals surface area contributed by atoms with Crippen LogP contribution >= 0.6 is 0 Å². The molecule has 0 spiro atoms. The third kappa shape index (κ3) is 3.21. The number of nitrogens with two attached hydrogens (primary N) is 1. The van der Waals surface area contributed by atoms with Gasteiger partial charge in [-0.05, 0) is 54.3 Å². The van der Waals surface area contributed by atoms with Gasteiger partial charge in [-0.2, -0.15) is 4.68 Å². The Morgan fingerprint density at radius 1 is 1.29 bits per heavy atom. The number of nitrogens with one attached hydrogen (secondary N) is 1.